The van der Waals surface area contributed by atoms with Crippen LogP contribution < -0.4 is 5.56 Å². The Balaban J connectivity index is 1.89. The fourth-order valence-corrected chi connectivity index (χ4v) is 3.29. The van der Waals surface area contributed by atoms with Crippen molar-refractivity contribution in [2.45, 2.75) is 40.7 Å². The normalized spacial score (nSPS) is 10.9. The maximum Gasteiger partial charge on any atom is 0.359 e. The Hall–Kier alpha value is -3.28. The van der Waals surface area contributed by atoms with Crippen molar-refractivity contribution in [3.8, 4) is 0 Å². The van der Waals surface area contributed by atoms with E-state index in [0.29, 0.717) is 29.3 Å². The summed E-state index contributed by atoms with van der Waals surface area (Å²) in [6.07, 6.45) is 0.699. The Bertz CT molecular complexity index is 1160. The van der Waals surface area contributed by atoms with Gasteiger partial charge in [0.25, 0.3) is 5.56 Å². The highest BCUT2D eigenvalue weighted by Gasteiger charge is 2.20. The molecule has 0 N–H and O–H groups in total. The third-order valence-corrected chi connectivity index (χ3v) is 4.97. The molecule has 0 aliphatic rings. The van der Waals surface area contributed by atoms with Gasteiger partial charge in [0.15, 0.2) is 12.3 Å². The first-order valence-corrected chi connectivity index (χ1v) is 9.61. The number of fused-ring (bicyclic) bond motifs is 1. The summed E-state index contributed by atoms with van der Waals surface area (Å²) in [5, 5.41) is 5.03. The number of rotatable bonds is 6. The van der Waals surface area contributed by atoms with E-state index in [1.165, 1.54) is 4.68 Å². The molecule has 0 aliphatic carbocycles. The number of aryl methyl sites for hydroxylation is 4. The molecule has 1 aromatic heterocycles. The van der Waals surface area contributed by atoms with E-state index in [1.807, 2.05) is 39.8 Å². The zero-order valence-electron chi connectivity index (χ0n) is 17.1. The van der Waals surface area contributed by atoms with Crippen molar-refractivity contribution in [3.05, 3.63) is 74.7 Å². The molecule has 3 aromatic rings. The van der Waals surface area contributed by atoms with Crippen molar-refractivity contribution >= 4 is 22.5 Å². The summed E-state index contributed by atoms with van der Waals surface area (Å²) in [5.41, 5.74) is 3.28. The van der Waals surface area contributed by atoms with Gasteiger partial charge in [-0.1, -0.05) is 31.2 Å². The number of ether oxygens (including phenoxy) is 1. The molecule has 0 saturated heterocycles. The summed E-state index contributed by atoms with van der Waals surface area (Å²) >= 11 is 0. The van der Waals surface area contributed by atoms with Crippen LogP contribution in [0.25, 0.3) is 10.8 Å². The Kier molecular flexibility index (Phi) is 5.92. The quantitative estimate of drug-likeness (QED) is 0.471. The second-order valence-corrected chi connectivity index (χ2v) is 7.17. The minimum atomic E-state index is -0.721. The average molecular weight is 392 g/mol. The maximum absolute atomic E-state index is 12.7. The Morgan fingerprint density at radius 1 is 1.00 bits per heavy atom. The number of benzene rings is 2. The van der Waals surface area contributed by atoms with E-state index < -0.39 is 5.97 Å². The number of esters is 1. The maximum atomic E-state index is 12.7. The topological polar surface area (TPSA) is 78.3 Å². The molecule has 0 atom stereocenters. The molecule has 0 saturated carbocycles. The molecule has 6 nitrogen and oxygen atoms in total. The van der Waals surface area contributed by atoms with E-state index in [0.717, 1.165) is 16.7 Å². The van der Waals surface area contributed by atoms with Gasteiger partial charge in [0, 0.05) is 17.5 Å². The summed E-state index contributed by atoms with van der Waals surface area (Å²) in [7, 11) is 0. The minimum Gasteiger partial charge on any atom is -0.452 e. The molecule has 150 valence electrons. The number of ketones is 1. The van der Waals surface area contributed by atoms with Crippen molar-refractivity contribution in [3.63, 3.8) is 0 Å². The number of Topliss-reactive ketones (excluding diaryl/α,β-unsaturated/α-hetero) is 1. The molecule has 1 heterocycles. The van der Waals surface area contributed by atoms with Gasteiger partial charge in [-0.3, -0.25) is 9.59 Å². The zero-order chi connectivity index (χ0) is 21.1. The first-order valence-electron chi connectivity index (χ1n) is 9.61. The Morgan fingerprint density at radius 2 is 1.66 bits per heavy atom. The van der Waals surface area contributed by atoms with Crippen LogP contribution in [0.2, 0.25) is 0 Å². The molecule has 6 heteroatoms. The molecule has 2 aromatic carbocycles. The molecule has 0 fully saturated rings. The fourth-order valence-electron chi connectivity index (χ4n) is 3.29. The average Bonchev–Trinajstić information content (AvgIpc) is 2.71. The third kappa shape index (κ3) is 4.11. The molecule has 3 rings (SSSR count). The highest BCUT2D eigenvalue weighted by atomic mass is 16.5. The molecule has 0 aliphatic heterocycles. The Labute approximate surface area is 169 Å². The van der Waals surface area contributed by atoms with Crippen LogP contribution in [0.4, 0.5) is 0 Å². The smallest absolute Gasteiger partial charge is 0.359 e. The lowest BCUT2D eigenvalue weighted by atomic mass is 9.98. The van der Waals surface area contributed by atoms with Gasteiger partial charge in [-0.2, -0.15) is 5.10 Å². The van der Waals surface area contributed by atoms with E-state index in [4.69, 9.17) is 4.74 Å². The minimum absolute atomic E-state index is 0.0401. The van der Waals surface area contributed by atoms with E-state index in [2.05, 4.69) is 5.10 Å². The number of aromatic nitrogens is 2. The SMILES string of the molecule is CCCn1nc(C(=O)OCC(=O)c2cc(C)c(C)cc2C)c2ccccc2c1=O. The molecule has 29 heavy (non-hydrogen) atoms. The lowest BCUT2D eigenvalue weighted by Crippen LogP contribution is -2.27. The number of nitrogens with zero attached hydrogens (tertiary/aromatic N) is 2. The van der Waals surface area contributed by atoms with Crippen molar-refractivity contribution in [2.24, 2.45) is 0 Å². The number of hydrogen-bond donors (Lipinski definition) is 0. The number of carbonyl (C=O) groups is 2. The van der Waals surface area contributed by atoms with Crippen molar-refractivity contribution in [2.75, 3.05) is 6.61 Å². The van der Waals surface area contributed by atoms with Crippen LogP contribution >= 0.6 is 0 Å². The summed E-state index contributed by atoms with van der Waals surface area (Å²) in [4.78, 5) is 37.9. The second kappa shape index (κ2) is 8.39. The van der Waals surface area contributed by atoms with Crippen molar-refractivity contribution in [1.29, 1.82) is 0 Å². The van der Waals surface area contributed by atoms with E-state index in [1.54, 1.807) is 24.3 Å². The van der Waals surface area contributed by atoms with Gasteiger partial charge in [-0.25, -0.2) is 9.48 Å². The van der Waals surface area contributed by atoms with Crippen LogP contribution in [0, 0.1) is 20.8 Å². The zero-order valence-corrected chi connectivity index (χ0v) is 17.1. The Morgan fingerprint density at radius 3 is 2.34 bits per heavy atom. The highest BCUT2D eigenvalue weighted by Crippen LogP contribution is 2.17. The highest BCUT2D eigenvalue weighted by molar-refractivity contribution is 6.04. The summed E-state index contributed by atoms with van der Waals surface area (Å²) < 4.78 is 6.56. The van der Waals surface area contributed by atoms with Gasteiger partial charge < -0.3 is 4.74 Å². The molecule has 0 bridgehead atoms. The van der Waals surface area contributed by atoms with Crippen LogP contribution in [0.15, 0.2) is 41.2 Å². The monoisotopic (exact) mass is 392 g/mol. The second-order valence-electron chi connectivity index (χ2n) is 7.17. The first kappa shape index (κ1) is 20.5. The van der Waals surface area contributed by atoms with Gasteiger partial charge in [0.2, 0.25) is 5.78 Å². The van der Waals surface area contributed by atoms with E-state index in [-0.39, 0.29) is 23.6 Å². The standard InChI is InChI=1S/C23H24N2O4/c1-5-10-25-22(27)18-9-7-6-8-17(18)21(24-25)23(28)29-13-20(26)19-12-15(3)14(2)11-16(19)4/h6-9,11-12H,5,10,13H2,1-4H3. The van der Waals surface area contributed by atoms with Crippen LogP contribution in [0.3, 0.4) is 0 Å². The predicted molar refractivity (Wildman–Crippen MR) is 112 cm³/mol. The van der Waals surface area contributed by atoms with Crippen LogP contribution in [0.1, 0.15) is 50.9 Å². The number of hydrogen-bond acceptors (Lipinski definition) is 5. The molecular weight excluding hydrogens is 368 g/mol. The molecule has 0 spiro atoms. The van der Waals surface area contributed by atoms with Crippen LogP contribution in [-0.4, -0.2) is 28.1 Å². The summed E-state index contributed by atoms with van der Waals surface area (Å²) in [6, 6.07) is 10.5. The van der Waals surface area contributed by atoms with Gasteiger partial charge in [0.1, 0.15) is 0 Å². The lowest BCUT2D eigenvalue weighted by Gasteiger charge is -2.11. The molecular formula is C23H24N2O4. The number of carbonyl (C=O) groups excluding carboxylic acids is 2. The predicted octanol–water partition coefficient (Wildman–Crippen LogP) is 3.77. The largest absolute Gasteiger partial charge is 0.452 e. The van der Waals surface area contributed by atoms with Crippen LogP contribution in [-0.2, 0) is 11.3 Å². The summed E-state index contributed by atoms with van der Waals surface area (Å²) in [6.45, 7) is 7.71. The third-order valence-electron chi connectivity index (χ3n) is 4.97. The van der Waals surface area contributed by atoms with Crippen LogP contribution in [0.5, 0.6) is 0 Å². The van der Waals surface area contributed by atoms with Gasteiger partial charge in [-0.05, 0) is 56.0 Å². The molecule has 0 unspecified atom stereocenters. The first-order chi connectivity index (χ1) is 13.8. The molecule has 0 amide bonds. The van der Waals surface area contributed by atoms with Gasteiger partial charge >= 0.3 is 5.97 Å². The van der Waals surface area contributed by atoms with E-state index >= 15 is 0 Å². The molecule has 0 radical (unpaired) electrons. The van der Waals surface area contributed by atoms with Crippen molar-refractivity contribution < 1.29 is 14.3 Å². The summed E-state index contributed by atoms with van der Waals surface area (Å²) in [5.74, 6) is -0.994. The van der Waals surface area contributed by atoms with E-state index in [9.17, 15) is 14.4 Å². The lowest BCUT2D eigenvalue weighted by molar-refractivity contribution is 0.0468. The fraction of sp³-hybridized carbons (Fsp3) is 0.304. The van der Waals surface area contributed by atoms with Crippen molar-refractivity contribution in [1.82, 2.24) is 9.78 Å². The van der Waals surface area contributed by atoms with Gasteiger partial charge in [0.05, 0.1) is 5.39 Å². The van der Waals surface area contributed by atoms with Gasteiger partial charge in [-0.15, -0.1) is 0 Å².